The van der Waals surface area contributed by atoms with Gasteiger partial charge in [0.25, 0.3) is 5.56 Å². The maximum Gasteiger partial charge on any atom is 0.266 e. The summed E-state index contributed by atoms with van der Waals surface area (Å²) in [5, 5.41) is 1.10. The lowest BCUT2D eigenvalue weighted by atomic mass is 10.1. The molecule has 0 atom stereocenters. The van der Waals surface area contributed by atoms with Gasteiger partial charge in [0.2, 0.25) is 10.0 Å². The number of nitrogens with one attached hydrogen (secondary N) is 1. The highest BCUT2D eigenvalue weighted by Gasteiger charge is 2.15. The van der Waals surface area contributed by atoms with Gasteiger partial charge in [0.1, 0.15) is 0 Å². The molecule has 142 valence electrons. The highest BCUT2D eigenvalue weighted by molar-refractivity contribution is 7.99. The first kappa shape index (κ1) is 19.6. The predicted octanol–water partition coefficient (Wildman–Crippen LogP) is 2.64. The van der Waals surface area contributed by atoms with Crippen LogP contribution in [0.15, 0.2) is 52.4 Å². The van der Waals surface area contributed by atoms with Gasteiger partial charge in [-0.05, 0) is 43.2 Å². The monoisotopic (exact) mass is 403 g/mol. The van der Waals surface area contributed by atoms with E-state index in [4.69, 9.17) is 0 Å². The van der Waals surface area contributed by atoms with Gasteiger partial charge < -0.3 is 0 Å². The first-order valence-corrected chi connectivity index (χ1v) is 11.3. The second-order valence-electron chi connectivity index (χ2n) is 6.36. The Hall–Kier alpha value is -2.16. The molecule has 0 bridgehead atoms. The second-order valence-corrected chi connectivity index (χ2v) is 9.25. The van der Waals surface area contributed by atoms with Crippen molar-refractivity contribution < 1.29 is 8.42 Å². The number of hydrogen-bond donors (Lipinski definition) is 1. The number of rotatable bonds is 6. The van der Waals surface area contributed by atoms with Gasteiger partial charge in [-0.2, -0.15) is 0 Å². The van der Waals surface area contributed by atoms with E-state index in [1.165, 1.54) is 11.8 Å². The molecule has 1 aromatic heterocycles. The lowest BCUT2D eigenvalue weighted by Crippen LogP contribution is -2.25. The van der Waals surface area contributed by atoms with Crippen molar-refractivity contribution in [3.8, 4) is 5.69 Å². The minimum Gasteiger partial charge on any atom is -0.268 e. The van der Waals surface area contributed by atoms with Gasteiger partial charge in [-0.3, -0.25) is 9.36 Å². The minimum atomic E-state index is -3.25. The Morgan fingerprint density at radius 3 is 2.63 bits per heavy atom. The summed E-state index contributed by atoms with van der Waals surface area (Å²) in [4.78, 5) is 17.9. The molecule has 0 aliphatic rings. The molecule has 3 rings (SSSR count). The largest absolute Gasteiger partial charge is 0.268 e. The van der Waals surface area contributed by atoms with Crippen molar-refractivity contribution in [3.05, 3.63) is 63.9 Å². The van der Waals surface area contributed by atoms with Gasteiger partial charge in [-0.1, -0.05) is 36.0 Å². The zero-order valence-electron chi connectivity index (χ0n) is 15.4. The van der Waals surface area contributed by atoms with Crippen molar-refractivity contribution in [1.29, 1.82) is 0 Å². The fourth-order valence-corrected chi connectivity index (χ4v) is 4.21. The van der Waals surface area contributed by atoms with Crippen LogP contribution in [0, 0.1) is 13.8 Å². The normalized spacial score (nSPS) is 11.8. The minimum absolute atomic E-state index is 0.132. The Kier molecular flexibility index (Phi) is 5.69. The predicted molar refractivity (Wildman–Crippen MR) is 110 cm³/mol. The zero-order chi connectivity index (χ0) is 19.6. The number of thioether (sulfide) groups is 1. The third kappa shape index (κ3) is 4.58. The van der Waals surface area contributed by atoms with Crippen LogP contribution >= 0.6 is 11.8 Å². The molecular formula is C19H21N3O3S2. The number of aryl methyl sites for hydroxylation is 2. The van der Waals surface area contributed by atoms with Crippen LogP contribution in [0.1, 0.15) is 11.1 Å². The van der Waals surface area contributed by atoms with Gasteiger partial charge in [0, 0.05) is 12.3 Å². The average molecular weight is 404 g/mol. The first-order chi connectivity index (χ1) is 12.8. The van der Waals surface area contributed by atoms with Crippen LogP contribution in [0.3, 0.4) is 0 Å². The molecule has 1 heterocycles. The lowest BCUT2D eigenvalue weighted by molar-refractivity contribution is 0.590. The number of benzene rings is 2. The van der Waals surface area contributed by atoms with Crippen LogP contribution in [0.4, 0.5) is 0 Å². The summed E-state index contributed by atoms with van der Waals surface area (Å²) in [5.41, 5.74) is 3.30. The van der Waals surface area contributed by atoms with Gasteiger partial charge in [0.05, 0.1) is 22.8 Å². The number of hydrogen-bond acceptors (Lipinski definition) is 5. The summed E-state index contributed by atoms with van der Waals surface area (Å²) >= 11 is 1.35. The molecule has 0 radical (unpaired) electrons. The van der Waals surface area contributed by atoms with E-state index >= 15 is 0 Å². The number of para-hydroxylation sites is 1. The van der Waals surface area contributed by atoms with E-state index in [1.54, 1.807) is 10.6 Å². The molecule has 0 amide bonds. The van der Waals surface area contributed by atoms with E-state index in [0.717, 1.165) is 23.1 Å². The summed E-state index contributed by atoms with van der Waals surface area (Å²) in [6, 6.07) is 13.2. The smallest absolute Gasteiger partial charge is 0.266 e. The maximum absolute atomic E-state index is 13.2. The number of aromatic nitrogens is 2. The highest BCUT2D eigenvalue weighted by atomic mass is 32.2. The number of fused-ring (bicyclic) bond motifs is 1. The molecule has 0 aliphatic heterocycles. The summed E-state index contributed by atoms with van der Waals surface area (Å²) < 4.78 is 26.6. The molecular weight excluding hydrogens is 382 g/mol. The first-order valence-electron chi connectivity index (χ1n) is 8.43. The molecule has 0 aliphatic carbocycles. The second kappa shape index (κ2) is 7.84. The van der Waals surface area contributed by atoms with Crippen LogP contribution in [0.5, 0.6) is 0 Å². The lowest BCUT2D eigenvalue weighted by Gasteiger charge is -2.15. The van der Waals surface area contributed by atoms with E-state index < -0.39 is 10.0 Å². The third-order valence-corrected chi connectivity index (χ3v) is 5.72. The summed E-state index contributed by atoms with van der Waals surface area (Å²) in [5.74, 6) is 0.461. The summed E-state index contributed by atoms with van der Waals surface area (Å²) in [7, 11) is -3.25. The van der Waals surface area contributed by atoms with Crippen molar-refractivity contribution >= 4 is 32.7 Å². The maximum atomic E-state index is 13.2. The van der Waals surface area contributed by atoms with E-state index in [1.807, 2.05) is 50.2 Å². The van der Waals surface area contributed by atoms with Gasteiger partial charge >= 0.3 is 0 Å². The fraction of sp³-hybridized carbons (Fsp3) is 0.263. The fourth-order valence-electron chi connectivity index (χ4n) is 2.75. The van der Waals surface area contributed by atoms with E-state index in [2.05, 4.69) is 9.71 Å². The van der Waals surface area contributed by atoms with E-state index in [9.17, 15) is 13.2 Å². The van der Waals surface area contributed by atoms with Crippen LogP contribution in [-0.2, 0) is 10.0 Å². The molecule has 0 fully saturated rings. The molecule has 1 N–H and O–H groups in total. The molecule has 0 saturated carbocycles. The van der Waals surface area contributed by atoms with Crippen molar-refractivity contribution in [1.82, 2.24) is 14.3 Å². The van der Waals surface area contributed by atoms with Crippen molar-refractivity contribution in [2.75, 3.05) is 18.6 Å². The standard InChI is InChI=1S/C19H21N3O3S2/c1-13-8-9-14(2)17(12-13)22-18(23)15-6-4-5-7-16(15)21-19(22)26-11-10-20-27(3,24)25/h4-9,12,20H,10-11H2,1-3H3. The van der Waals surface area contributed by atoms with Crippen molar-refractivity contribution in [2.45, 2.75) is 19.0 Å². The van der Waals surface area contributed by atoms with Gasteiger partial charge in [0.15, 0.2) is 5.16 Å². The molecule has 2 aromatic carbocycles. The molecule has 0 unspecified atom stereocenters. The quantitative estimate of drug-likeness (QED) is 0.389. The number of sulfonamides is 1. The van der Waals surface area contributed by atoms with Crippen LogP contribution < -0.4 is 10.3 Å². The Labute approximate surface area is 162 Å². The Morgan fingerprint density at radius 1 is 1.15 bits per heavy atom. The molecule has 3 aromatic rings. The van der Waals surface area contributed by atoms with E-state index in [-0.39, 0.29) is 12.1 Å². The highest BCUT2D eigenvalue weighted by Crippen LogP contribution is 2.23. The molecule has 0 spiro atoms. The van der Waals surface area contributed by atoms with Crippen molar-refractivity contribution in [2.24, 2.45) is 0 Å². The number of nitrogens with zero attached hydrogens (tertiary/aromatic N) is 2. The van der Waals surface area contributed by atoms with Crippen LogP contribution in [-0.4, -0.2) is 36.5 Å². The van der Waals surface area contributed by atoms with Crippen molar-refractivity contribution in [3.63, 3.8) is 0 Å². The molecule has 0 saturated heterocycles. The van der Waals surface area contributed by atoms with Crippen LogP contribution in [0.2, 0.25) is 0 Å². The third-order valence-electron chi connectivity index (χ3n) is 4.05. The summed E-state index contributed by atoms with van der Waals surface area (Å²) in [6.07, 6.45) is 1.12. The molecule has 8 heteroatoms. The Bertz CT molecular complexity index is 1150. The molecule has 6 nitrogen and oxygen atoms in total. The average Bonchev–Trinajstić information content (AvgIpc) is 2.61. The Balaban J connectivity index is 2.10. The summed E-state index contributed by atoms with van der Waals surface area (Å²) in [6.45, 7) is 4.19. The van der Waals surface area contributed by atoms with Crippen LogP contribution in [0.25, 0.3) is 16.6 Å². The van der Waals surface area contributed by atoms with Gasteiger partial charge in [-0.15, -0.1) is 0 Å². The SMILES string of the molecule is Cc1ccc(C)c(-n2c(SCCNS(C)(=O)=O)nc3ccccc3c2=O)c1. The van der Waals surface area contributed by atoms with Gasteiger partial charge in [-0.25, -0.2) is 18.1 Å². The zero-order valence-corrected chi connectivity index (χ0v) is 17.0. The molecule has 27 heavy (non-hydrogen) atoms. The Morgan fingerprint density at radius 2 is 1.89 bits per heavy atom. The van der Waals surface area contributed by atoms with E-state index in [0.29, 0.717) is 21.8 Å². The topological polar surface area (TPSA) is 81.1 Å².